The number of amides is 1. The molecule has 1 aliphatic heterocycles. The molecule has 1 N–H and O–H groups in total. The van der Waals surface area contributed by atoms with E-state index in [9.17, 15) is 18.7 Å². The number of nitrogens with zero attached hydrogens (tertiary/aromatic N) is 4. The zero-order valence-corrected chi connectivity index (χ0v) is 11.4. The van der Waals surface area contributed by atoms with Crippen molar-refractivity contribution in [3.63, 3.8) is 0 Å². The quantitative estimate of drug-likeness (QED) is 0.910. The zero-order chi connectivity index (χ0) is 15.1. The molecule has 6 nitrogen and oxygen atoms in total. The van der Waals surface area contributed by atoms with Gasteiger partial charge in [-0.25, -0.2) is 8.78 Å². The summed E-state index contributed by atoms with van der Waals surface area (Å²) in [6, 6.07) is 0.866. The van der Waals surface area contributed by atoms with E-state index in [0.29, 0.717) is 10.7 Å². The van der Waals surface area contributed by atoms with Gasteiger partial charge < -0.3 is 5.11 Å². The number of aromatic nitrogens is 2. The van der Waals surface area contributed by atoms with E-state index in [1.54, 1.807) is 19.2 Å². The number of hydrogen-bond donors (Lipinski definition) is 1. The number of carbonyl (C=O) groups excluding carboxylic acids is 1. The van der Waals surface area contributed by atoms with Crippen LogP contribution in [0.1, 0.15) is 32.0 Å². The van der Waals surface area contributed by atoms with Crippen molar-refractivity contribution in [1.29, 1.82) is 0 Å². The average molecular weight is 286 g/mol. The van der Waals surface area contributed by atoms with Crippen molar-refractivity contribution < 1.29 is 18.7 Å². The minimum Gasteiger partial charge on any atom is -0.364 e. The summed E-state index contributed by atoms with van der Waals surface area (Å²) in [7, 11) is 0. The van der Waals surface area contributed by atoms with Gasteiger partial charge in [0.2, 0.25) is 5.72 Å². The molecule has 1 amide bonds. The van der Waals surface area contributed by atoms with E-state index in [1.807, 2.05) is 0 Å². The lowest BCUT2D eigenvalue weighted by Gasteiger charge is -2.31. The van der Waals surface area contributed by atoms with Gasteiger partial charge in [-0.3, -0.25) is 9.48 Å². The summed E-state index contributed by atoms with van der Waals surface area (Å²) in [5.74, 6) is -0.729. The Labute approximate surface area is 114 Å². The maximum absolute atomic E-state index is 13.0. The highest BCUT2D eigenvalue weighted by molar-refractivity contribution is 5.90. The molecule has 0 saturated carbocycles. The predicted octanol–water partition coefficient (Wildman–Crippen LogP) is 1.31. The van der Waals surface area contributed by atoms with Gasteiger partial charge in [0.1, 0.15) is 6.04 Å². The molecule has 0 aliphatic carbocycles. The van der Waals surface area contributed by atoms with E-state index in [2.05, 4.69) is 10.2 Å². The maximum atomic E-state index is 13.0. The minimum absolute atomic E-state index is 0.282. The molecule has 2 atom stereocenters. The molecule has 0 radical (unpaired) electrons. The Bertz CT molecular complexity index is 557. The van der Waals surface area contributed by atoms with E-state index >= 15 is 0 Å². The Morgan fingerprint density at radius 3 is 2.65 bits per heavy atom. The summed E-state index contributed by atoms with van der Waals surface area (Å²) in [6.45, 7) is 4.76. The summed E-state index contributed by atoms with van der Waals surface area (Å²) in [6.07, 6.45) is -1.88. The first-order valence-electron chi connectivity index (χ1n) is 6.16. The van der Waals surface area contributed by atoms with Crippen LogP contribution in [0, 0.1) is 6.92 Å². The zero-order valence-electron chi connectivity index (χ0n) is 11.4. The summed E-state index contributed by atoms with van der Waals surface area (Å²) in [5.41, 5.74) is -1.59. The monoisotopic (exact) mass is 286 g/mol. The molecule has 1 aromatic heterocycles. The first-order chi connectivity index (χ1) is 9.25. The lowest BCUT2D eigenvalue weighted by Crippen LogP contribution is -2.53. The van der Waals surface area contributed by atoms with E-state index in [4.69, 9.17) is 0 Å². The number of hydrogen-bond acceptors (Lipinski definition) is 4. The largest absolute Gasteiger partial charge is 0.364 e. The SMILES string of the molecule is CC1=NN(C(=O)[C@H](C)n2ccc(C)n2)[C@](O)(C(F)F)C1. The van der Waals surface area contributed by atoms with Crippen molar-refractivity contribution >= 4 is 11.6 Å². The lowest BCUT2D eigenvalue weighted by atomic mass is 10.1. The molecule has 8 heteroatoms. The Balaban J connectivity index is 2.27. The van der Waals surface area contributed by atoms with Gasteiger partial charge >= 0.3 is 0 Å². The first kappa shape index (κ1) is 14.6. The summed E-state index contributed by atoms with van der Waals surface area (Å²) < 4.78 is 27.4. The Morgan fingerprint density at radius 2 is 2.15 bits per heavy atom. The highest BCUT2D eigenvalue weighted by Gasteiger charge is 2.51. The fraction of sp³-hybridized carbons (Fsp3) is 0.583. The van der Waals surface area contributed by atoms with Crippen LogP contribution >= 0.6 is 0 Å². The summed E-state index contributed by atoms with van der Waals surface area (Å²) >= 11 is 0. The molecule has 0 aromatic carbocycles. The van der Waals surface area contributed by atoms with Crippen LogP contribution in [0.4, 0.5) is 8.78 Å². The summed E-state index contributed by atoms with van der Waals surface area (Å²) in [5, 5.41) is 18.3. The second-order valence-corrected chi connectivity index (χ2v) is 4.95. The van der Waals surface area contributed by atoms with Crippen LogP contribution in [0.15, 0.2) is 17.4 Å². The van der Waals surface area contributed by atoms with Gasteiger partial charge in [0.15, 0.2) is 0 Å². The number of aliphatic hydroxyl groups is 1. The molecule has 0 unspecified atom stereocenters. The smallest absolute Gasteiger partial charge is 0.287 e. The number of alkyl halides is 2. The number of hydrazone groups is 1. The fourth-order valence-electron chi connectivity index (χ4n) is 2.09. The maximum Gasteiger partial charge on any atom is 0.287 e. The van der Waals surface area contributed by atoms with Crippen molar-refractivity contribution in [1.82, 2.24) is 14.8 Å². The van der Waals surface area contributed by atoms with Gasteiger partial charge in [0.25, 0.3) is 12.3 Å². The minimum atomic E-state index is -3.10. The molecule has 0 spiro atoms. The Morgan fingerprint density at radius 1 is 1.50 bits per heavy atom. The molecule has 0 fully saturated rings. The molecule has 110 valence electrons. The number of carbonyl (C=O) groups is 1. The van der Waals surface area contributed by atoms with Gasteiger partial charge in [-0.05, 0) is 26.8 Å². The Kier molecular flexibility index (Phi) is 3.59. The molecule has 2 heterocycles. The van der Waals surface area contributed by atoms with Crippen LogP contribution < -0.4 is 0 Å². The van der Waals surface area contributed by atoms with E-state index < -0.39 is 24.1 Å². The highest BCUT2D eigenvalue weighted by atomic mass is 19.3. The van der Waals surface area contributed by atoms with Gasteiger partial charge in [0.05, 0.1) is 5.69 Å². The molecular formula is C12H16F2N4O2. The van der Waals surface area contributed by atoms with Gasteiger partial charge in [-0.15, -0.1) is 0 Å². The number of rotatable bonds is 3. The predicted molar refractivity (Wildman–Crippen MR) is 67.2 cm³/mol. The Hall–Kier alpha value is -1.83. The van der Waals surface area contributed by atoms with Crippen LogP contribution in [-0.2, 0) is 4.79 Å². The lowest BCUT2D eigenvalue weighted by molar-refractivity contribution is -0.194. The van der Waals surface area contributed by atoms with Crippen molar-refractivity contribution in [3.8, 4) is 0 Å². The molecule has 20 heavy (non-hydrogen) atoms. The normalized spacial score (nSPS) is 24.1. The third-order valence-corrected chi connectivity index (χ3v) is 3.21. The van der Waals surface area contributed by atoms with Crippen LogP contribution in [0.25, 0.3) is 0 Å². The number of halogens is 2. The first-order valence-corrected chi connectivity index (χ1v) is 6.16. The van der Waals surface area contributed by atoms with Crippen LogP contribution in [0.5, 0.6) is 0 Å². The van der Waals surface area contributed by atoms with Gasteiger partial charge in [-0.1, -0.05) is 0 Å². The van der Waals surface area contributed by atoms with Crippen LogP contribution in [0.2, 0.25) is 0 Å². The van der Waals surface area contributed by atoms with Crippen molar-refractivity contribution in [2.24, 2.45) is 5.10 Å². The van der Waals surface area contributed by atoms with E-state index in [1.165, 1.54) is 18.5 Å². The van der Waals surface area contributed by atoms with Crippen LogP contribution in [0.3, 0.4) is 0 Å². The van der Waals surface area contributed by atoms with Crippen molar-refractivity contribution in [2.45, 2.75) is 45.4 Å². The van der Waals surface area contributed by atoms with Crippen molar-refractivity contribution in [3.05, 3.63) is 18.0 Å². The topological polar surface area (TPSA) is 70.7 Å². The molecular weight excluding hydrogens is 270 g/mol. The molecule has 0 saturated heterocycles. The second-order valence-electron chi connectivity index (χ2n) is 4.95. The van der Waals surface area contributed by atoms with Gasteiger partial charge in [-0.2, -0.15) is 15.2 Å². The van der Waals surface area contributed by atoms with Crippen molar-refractivity contribution in [2.75, 3.05) is 0 Å². The van der Waals surface area contributed by atoms with Gasteiger partial charge in [0, 0.05) is 18.3 Å². The third-order valence-electron chi connectivity index (χ3n) is 3.21. The van der Waals surface area contributed by atoms with Crippen LogP contribution in [-0.4, -0.2) is 43.7 Å². The molecule has 0 bridgehead atoms. The average Bonchev–Trinajstić information content (AvgIpc) is 2.92. The van der Waals surface area contributed by atoms with E-state index in [-0.39, 0.29) is 12.1 Å². The third kappa shape index (κ3) is 2.31. The molecule has 2 rings (SSSR count). The molecule has 1 aromatic rings. The highest BCUT2D eigenvalue weighted by Crippen LogP contribution is 2.33. The number of aryl methyl sites for hydroxylation is 1. The second kappa shape index (κ2) is 4.93. The molecule has 1 aliphatic rings. The summed E-state index contributed by atoms with van der Waals surface area (Å²) in [4.78, 5) is 12.3. The standard InChI is InChI=1S/C12H16F2N4O2/c1-7-4-5-17(15-7)9(3)10(19)18-12(20,11(13)14)6-8(2)16-18/h4-5,9,11,20H,6H2,1-3H3/t9-,12+/m0/s1. The van der Waals surface area contributed by atoms with E-state index in [0.717, 1.165) is 0 Å². The fourth-order valence-corrected chi connectivity index (χ4v) is 2.09.